The third-order valence-corrected chi connectivity index (χ3v) is 12.7. The van der Waals surface area contributed by atoms with Crippen molar-refractivity contribution in [2.24, 2.45) is 10.8 Å². The predicted molar refractivity (Wildman–Crippen MR) is 261 cm³/mol. The molecule has 0 aliphatic heterocycles. The SMILES string of the molecule is CCCC1(Cc2cc3c(-c4cc(C)cc(C)c4)cccc3[cH-]2)CCCC1.CCCC1(Cc2cc3c(-c4cc(C)cc(C)c4)cccc3[cH-]2)CCCC1.Cl.Cl.[CH3-].[CH3-].[Si]=[Zr]. The van der Waals surface area contributed by atoms with E-state index in [0.717, 1.165) is 0 Å². The van der Waals surface area contributed by atoms with Gasteiger partial charge in [-0.2, -0.15) is 12.1 Å². The summed E-state index contributed by atoms with van der Waals surface area (Å²) in [5, 5.41) is 5.66. The van der Waals surface area contributed by atoms with Gasteiger partial charge in [0.1, 0.15) is 0 Å². The number of benzene rings is 4. The van der Waals surface area contributed by atoms with Gasteiger partial charge in [-0.05, 0) is 101 Å². The molecule has 0 atom stereocenters. The number of hydrogen-bond donors (Lipinski definition) is 0. The Morgan fingerprint density at radius 3 is 1.16 bits per heavy atom. The van der Waals surface area contributed by atoms with E-state index >= 15 is 0 Å². The van der Waals surface area contributed by atoms with Gasteiger partial charge in [-0.3, -0.25) is 0 Å². The van der Waals surface area contributed by atoms with E-state index in [2.05, 4.69) is 145 Å². The molecule has 0 N–H and O–H groups in total. The summed E-state index contributed by atoms with van der Waals surface area (Å²) in [6, 6.07) is 37.3. The summed E-state index contributed by atoms with van der Waals surface area (Å²) < 4.78 is 0. The summed E-state index contributed by atoms with van der Waals surface area (Å²) in [4.78, 5) is 0. The Hall–Kier alpha value is -2.22. The Balaban J connectivity index is 0.000000360. The van der Waals surface area contributed by atoms with Crippen molar-refractivity contribution in [1.82, 2.24) is 0 Å². The van der Waals surface area contributed by atoms with Crippen LogP contribution >= 0.6 is 24.8 Å². The minimum atomic E-state index is 0. The standard InChI is InChI=1S/2C26H31.2CH3.2ClH.Si.Zr/c2*1-4-10-26(11-5-6-12-26)18-21-16-22-8-7-9-24(25(22)17-21)23-14-19(2)13-20(3)15-23;;;;;;/h2*7-9,13-17H,4-6,10-12,18H2,1-3H3;2*1H3;2*1H;;/q4*-1;;;;. The molecular formula is C54H70Cl2SiZr-4. The average molecular weight is 909 g/mol. The van der Waals surface area contributed by atoms with Gasteiger partial charge in [0.15, 0.2) is 0 Å². The first kappa shape index (κ1) is 51.9. The molecule has 0 unspecified atom stereocenters. The Morgan fingerprint density at radius 2 is 0.845 bits per heavy atom. The molecule has 6 aromatic rings. The summed E-state index contributed by atoms with van der Waals surface area (Å²) in [5.41, 5.74) is 15.1. The molecule has 2 fully saturated rings. The van der Waals surface area contributed by atoms with E-state index in [4.69, 9.17) is 0 Å². The van der Waals surface area contributed by atoms with Gasteiger partial charge >= 0.3 is 30.2 Å². The van der Waals surface area contributed by atoms with Gasteiger partial charge in [-0.15, -0.1) is 93.9 Å². The van der Waals surface area contributed by atoms with Crippen molar-refractivity contribution in [3.63, 3.8) is 0 Å². The van der Waals surface area contributed by atoms with Crippen LogP contribution in [0.1, 0.15) is 124 Å². The van der Waals surface area contributed by atoms with Crippen LogP contribution in [0.3, 0.4) is 0 Å². The van der Waals surface area contributed by atoms with E-state index in [1.165, 1.54) is 179 Å². The van der Waals surface area contributed by atoms with Gasteiger partial charge in [0.2, 0.25) is 0 Å². The Morgan fingerprint density at radius 1 is 0.517 bits per heavy atom. The molecule has 58 heavy (non-hydrogen) atoms. The molecule has 6 aromatic carbocycles. The van der Waals surface area contributed by atoms with E-state index in [9.17, 15) is 0 Å². The number of fused-ring (bicyclic) bond motifs is 2. The van der Waals surface area contributed by atoms with E-state index in [-0.39, 0.29) is 39.7 Å². The zero-order valence-corrected chi connectivity index (χ0v) is 42.0. The maximum atomic E-state index is 3.06. The fraction of sp³-hybridized carbons (Fsp3) is 0.407. The Kier molecular flexibility index (Phi) is 21.2. The first-order valence-corrected chi connectivity index (χ1v) is 25.1. The molecule has 0 saturated heterocycles. The molecule has 2 aliphatic rings. The summed E-state index contributed by atoms with van der Waals surface area (Å²) >= 11 is 1.36. The molecular weight excluding hydrogens is 839 g/mol. The molecule has 0 heterocycles. The van der Waals surface area contributed by atoms with Crippen LogP contribution in [0.5, 0.6) is 0 Å². The number of halogens is 2. The van der Waals surface area contributed by atoms with E-state index in [1.54, 1.807) is 11.1 Å². The molecule has 8 rings (SSSR count). The van der Waals surface area contributed by atoms with Gasteiger partial charge in [-0.25, -0.2) is 0 Å². The molecule has 2 saturated carbocycles. The van der Waals surface area contributed by atoms with Crippen molar-refractivity contribution in [1.29, 1.82) is 0 Å². The molecule has 2 aliphatic carbocycles. The summed E-state index contributed by atoms with van der Waals surface area (Å²) in [7, 11) is 0. The number of hydrogen-bond acceptors (Lipinski definition) is 0. The van der Waals surface area contributed by atoms with Gasteiger partial charge in [-0.1, -0.05) is 134 Å². The van der Waals surface area contributed by atoms with Crippen LogP contribution in [0.4, 0.5) is 0 Å². The third kappa shape index (κ3) is 12.4. The van der Waals surface area contributed by atoms with Gasteiger partial charge in [0.05, 0.1) is 0 Å². The van der Waals surface area contributed by atoms with Crippen LogP contribution in [0.2, 0.25) is 0 Å². The monoisotopic (exact) mass is 906 g/mol. The summed E-state index contributed by atoms with van der Waals surface area (Å²) in [5.74, 6) is 0. The van der Waals surface area contributed by atoms with Crippen LogP contribution in [0, 0.1) is 53.4 Å². The van der Waals surface area contributed by atoms with Crippen molar-refractivity contribution in [3.8, 4) is 22.3 Å². The topological polar surface area (TPSA) is 0 Å². The first-order chi connectivity index (χ1) is 26.2. The van der Waals surface area contributed by atoms with Crippen LogP contribution in [-0.2, 0) is 36.2 Å². The van der Waals surface area contributed by atoms with Gasteiger partial charge < -0.3 is 14.9 Å². The second-order valence-electron chi connectivity index (χ2n) is 17.4. The van der Waals surface area contributed by atoms with Crippen molar-refractivity contribution >= 4 is 53.2 Å². The molecule has 0 bridgehead atoms. The molecule has 2 radical (unpaired) electrons. The fourth-order valence-electron chi connectivity index (χ4n) is 10.8. The molecule has 0 aromatic heterocycles. The van der Waals surface area contributed by atoms with Crippen molar-refractivity contribution in [3.05, 3.63) is 145 Å². The molecule has 0 spiro atoms. The first-order valence-electron chi connectivity index (χ1n) is 21.0. The quantitative estimate of drug-likeness (QED) is 0.0949. The van der Waals surface area contributed by atoms with Crippen molar-refractivity contribution in [2.75, 3.05) is 0 Å². The molecule has 0 nitrogen and oxygen atoms in total. The predicted octanol–water partition coefficient (Wildman–Crippen LogP) is 16.9. The fourth-order valence-corrected chi connectivity index (χ4v) is 10.8. The second kappa shape index (κ2) is 23.7. The second-order valence-corrected chi connectivity index (χ2v) is 17.4. The Labute approximate surface area is 383 Å². The summed E-state index contributed by atoms with van der Waals surface area (Å²) in [6.07, 6.45) is 19.3. The van der Waals surface area contributed by atoms with E-state index < -0.39 is 0 Å². The average Bonchev–Trinajstić information content (AvgIpc) is 3.96. The van der Waals surface area contributed by atoms with Crippen molar-refractivity contribution in [2.45, 2.75) is 131 Å². The third-order valence-electron chi connectivity index (χ3n) is 12.7. The van der Waals surface area contributed by atoms with Crippen LogP contribution in [0.15, 0.2) is 97.1 Å². The maximum absolute atomic E-state index is 3.06. The van der Waals surface area contributed by atoms with Gasteiger partial charge in [0, 0.05) is 0 Å². The summed E-state index contributed by atoms with van der Waals surface area (Å²) in [6.45, 7) is 16.5. The van der Waals surface area contributed by atoms with Crippen LogP contribution < -0.4 is 0 Å². The van der Waals surface area contributed by atoms with Crippen molar-refractivity contribution < 1.29 is 23.3 Å². The normalized spacial score (nSPS) is 14.8. The minimum absolute atomic E-state index is 0. The molecule has 0 amide bonds. The van der Waals surface area contributed by atoms with Gasteiger partial charge in [0.25, 0.3) is 0 Å². The number of aryl methyl sites for hydroxylation is 4. The molecule has 4 heteroatoms. The van der Waals surface area contributed by atoms with Crippen LogP contribution in [0.25, 0.3) is 43.8 Å². The Bertz CT molecular complexity index is 1960. The van der Waals surface area contributed by atoms with Crippen LogP contribution in [-0.4, -0.2) is 6.88 Å². The zero-order valence-electron chi connectivity index (χ0n) is 37.0. The van der Waals surface area contributed by atoms with E-state index in [0.29, 0.717) is 10.8 Å². The zero-order chi connectivity index (χ0) is 38.3. The van der Waals surface area contributed by atoms with E-state index in [1.807, 2.05) is 0 Å². The molecule has 312 valence electrons. The number of rotatable bonds is 10.